The van der Waals surface area contributed by atoms with Gasteiger partial charge in [0.05, 0.1) is 0 Å². The fraction of sp³-hybridized carbons (Fsp3) is 1.00. The molecule has 0 amide bonds. The fourth-order valence-corrected chi connectivity index (χ4v) is 4.01. The van der Waals surface area contributed by atoms with Gasteiger partial charge in [-0.3, -0.25) is 4.90 Å². The summed E-state index contributed by atoms with van der Waals surface area (Å²) in [5, 5.41) is 0. The maximum Gasteiger partial charge on any atom is 0.0336 e. The van der Waals surface area contributed by atoms with E-state index in [4.69, 9.17) is 5.73 Å². The van der Waals surface area contributed by atoms with Crippen LogP contribution in [0.4, 0.5) is 0 Å². The third-order valence-corrected chi connectivity index (χ3v) is 5.23. The van der Waals surface area contributed by atoms with Gasteiger partial charge in [-0.2, -0.15) is 0 Å². The first kappa shape index (κ1) is 13.4. The second kappa shape index (κ2) is 4.55. The lowest BCUT2D eigenvalue weighted by molar-refractivity contribution is -0.0422. The van der Waals surface area contributed by atoms with Crippen molar-refractivity contribution in [2.75, 3.05) is 19.6 Å². The highest BCUT2D eigenvalue weighted by Gasteiger charge is 2.46. The van der Waals surface area contributed by atoms with E-state index >= 15 is 0 Å². The van der Waals surface area contributed by atoms with Gasteiger partial charge in [-0.15, -0.1) is 0 Å². The van der Waals surface area contributed by atoms with E-state index in [1.54, 1.807) is 0 Å². The Kier molecular flexibility index (Phi) is 3.57. The second-order valence-electron chi connectivity index (χ2n) is 7.57. The van der Waals surface area contributed by atoms with E-state index in [1.807, 2.05) is 0 Å². The van der Waals surface area contributed by atoms with Gasteiger partial charge < -0.3 is 5.73 Å². The van der Waals surface area contributed by atoms with E-state index in [-0.39, 0.29) is 0 Å². The van der Waals surface area contributed by atoms with Crippen LogP contribution in [0.1, 0.15) is 53.4 Å². The molecule has 2 rings (SSSR count). The van der Waals surface area contributed by atoms with E-state index in [2.05, 4.69) is 32.6 Å². The molecule has 0 spiro atoms. The summed E-state index contributed by atoms with van der Waals surface area (Å²) in [5.41, 5.74) is 6.90. The Labute approximate surface area is 107 Å². The van der Waals surface area contributed by atoms with Crippen LogP contribution in [0.2, 0.25) is 0 Å². The summed E-state index contributed by atoms with van der Waals surface area (Å²) in [6.45, 7) is 12.9. The van der Waals surface area contributed by atoms with Crippen LogP contribution in [-0.2, 0) is 0 Å². The molecule has 0 radical (unpaired) electrons. The van der Waals surface area contributed by atoms with Gasteiger partial charge in [0.2, 0.25) is 0 Å². The molecule has 0 unspecified atom stereocenters. The normalized spacial score (nSPS) is 36.9. The molecule has 0 bridgehead atoms. The fourth-order valence-electron chi connectivity index (χ4n) is 4.01. The highest BCUT2D eigenvalue weighted by Crippen LogP contribution is 2.44. The summed E-state index contributed by atoms with van der Waals surface area (Å²) in [4.78, 5) is 2.70. The zero-order valence-corrected chi connectivity index (χ0v) is 12.1. The molecule has 2 N–H and O–H groups in total. The van der Waals surface area contributed by atoms with E-state index < -0.39 is 0 Å². The molecule has 0 aromatic rings. The number of hydrogen-bond donors (Lipinski definition) is 1. The molecule has 1 aliphatic carbocycles. The lowest BCUT2D eigenvalue weighted by Gasteiger charge is -2.56. The summed E-state index contributed by atoms with van der Waals surface area (Å²) in [6.07, 6.45) is 5.37. The first-order valence-electron chi connectivity index (χ1n) is 7.32. The summed E-state index contributed by atoms with van der Waals surface area (Å²) >= 11 is 0. The van der Waals surface area contributed by atoms with Crippen LogP contribution in [0.15, 0.2) is 0 Å². The standard InChI is InChI=1S/C15H30N2/c1-12-9-15(10-12,11-16)17-7-5-13(6-8-17)14(2,3)4/h12-13H,5-11,16H2,1-4H3. The largest absolute Gasteiger partial charge is 0.329 e. The molecule has 17 heavy (non-hydrogen) atoms. The van der Waals surface area contributed by atoms with Gasteiger partial charge in [-0.1, -0.05) is 27.7 Å². The number of rotatable bonds is 2. The Hall–Kier alpha value is -0.0800. The molecule has 1 saturated heterocycles. The molecule has 2 fully saturated rings. The van der Waals surface area contributed by atoms with Crippen molar-refractivity contribution in [1.82, 2.24) is 4.90 Å². The third-order valence-electron chi connectivity index (χ3n) is 5.23. The molecule has 0 aromatic heterocycles. The molecule has 1 aliphatic heterocycles. The number of nitrogens with two attached hydrogens (primary N) is 1. The van der Waals surface area contributed by atoms with Crippen molar-refractivity contribution < 1.29 is 0 Å². The van der Waals surface area contributed by atoms with Crippen LogP contribution >= 0.6 is 0 Å². The Morgan fingerprint density at radius 3 is 2.06 bits per heavy atom. The molecule has 1 heterocycles. The minimum atomic E-state index is 0.377. The highest BCUT2D eigenvalue weighted by atomic mass is 15.2. The molecule has 1 saturated carbocycles. The number of nitrogens with zero attached hydrogens (tertiary/aromatic N) is 1. The van der Waals surface area contributed by atoms with Crippen LogP contribution < -0.4 is 5.73 Å². The molecule has 0 atom stereocenters. The van der Waals surface area contributed by atoms with Crippen molar-refractivity contribution in [2.24, 2.45) is 23.0 Å². The van der Waals surface area contributed by atoms with E-state index in [1.165, 1.54) is 38.8 Å². The summed E-state index contributed by atoms with van der Waals surface area (Å²) in [6, 6.07) is 0. The van der Waals surface area contributed by atoms with Gasteiger partial charge in [-0.05, 0) is 56.0 Å². The average molecular weight is 238 g/mol. The van der Waals surface area contributed by atoms with Gasteiger partial charge in [0.25, 0.3) is 0 Å². The third kappa shape index (κ3) is 2.53. The maximum atomic E-state index is 6.04. The molecule has 2 aliphatic rings. The van der Waals surface area contributed by atoms with E-state index in [0.29, 0.717) is 11.0 Å². The van der Waals surface area contributed by atoms with Crippen molar-refractivity contribution >= 4 is 0 Å². The lowest BCUT2D eigenvalue weighted by atomic mass is 9.66. The van der Waals surface area contributed by atoms with Crippen LogP contribution in [0.5, 0.6) is 0 Å². The van der Waals surface area contributed by atoms with Crippen LogP contribution in [0.25, 0.3) is 0 Å². The molecule has 2 heteroatoms. The Balaban J connectivity index is 1.91. The zero-order chi connectivity index (χ0) is 12.7. The summed E-state index contributed by atoms with van der Waals surface area (Å²) in [7, 11) is 0. The van der Waals surface area contributed by atoms with Gasteiger partial charge in [-0.25, -0.2) is 0 Å². The second-order valence-corrected chi connectivity index (χ2v) is 7.57. The topological polar surface area (TPSA) is 29.3 Å². The highest BCUT2D eigenvalue weighted by molar-refractivity contribution is 5.03. The van der Waals surface area contributed by atoms with Gasteiger partial charge >= 0.3 is 0 Å². The van der Waals surface area contributed by atoms with Crippen LogP contribution in [0, 0.1) is 17.3 Å². The van der Waals surface area contributed by atoms with Crippen LogP contribution in [0.3, 0.4) is 0 Å². The number of hydrogen-bond acceptors (Lipinski definition) is 2. The predicted molar refractivity (Wildman–Crippen MR) is 73.9 cm³/mol. The molecular weight excluding hydrogens is 208 g/mol. The lowest BCUT2D eigenvalue weighted by Crippen LogP contribution is -2.63. The van der Waals surface area contributed by atoms with Crippen molar-refractivity contribution in [3.63, 3.8) is 0 Å². The van der Waals surface area contributed by atoms with Crippen LogP contribution in [-0.4, -0.2) is 30.1 Å². The van der Waals surface area contributed by atoms with Gasteiger partial charge in [0.15, 0.2) is 0 Å². The SMILES string of the molecule is CC1CC(CN)(N2CCC(C(C)(C)C)CC2)C1. The molecule has 100 valence electrons. The number of piperidine rings is 1. The average Bonchev–Trinajstić information content (AvgIpc) is 2.23. The summed E-state index contributed by atoms with van der Waals surface area (Å²) in [5.74, 6) is 1.78. The quantitative estimate of drug-likeness (QED) is 0.801. The molecule has 2 nitrogen and oxygen atoms in total. The zero-order valence-electron chi connectivity index (χ0n) is 12.1. The minimum Gasteiger partial charge on any atom is -0.329 e. The van der Waals surface area contributed by atoms with Crippen molar-refractivity contribution in [1.29, 1.82) is 0 Å². The van der Waals surface area contributed by atoms with E-state index in [0.717, 1.165) is 18.4 Å². The van der Waals surface area contributed by atoms with Crippen molar-refractivity contribution in [2.45, 2.75) is 58.9 Å². The smallest absolute Gasteiger partial charge is 0.0336 e. The summed E-state index contributed by atoms with van der Waals surface area (Å²) < 4.78 is 0. The van der Waals surface area contributed by atoms with Gasteiger partial charge in [0, 0.05) is 12.1 Å². The Morgan fingerprint density at radius 2 is 1.71 bits per heavy atom. The first-order valence-corrected chi connectivity index (χ1v) is 7.32. The van der Waals surface area contributed by atoms with Crippen molar-refractivity contribution in [3.8, 4) is 0 Å². The predicted octanol–water partition coefficient (Wildman–Crippen LogP) is 2.87. The Bertz CT molecular complexity index is 253. The molecular formula is C15H30N2. The molecule has 0 aromatic carbocycles. The van der Waals surface area contributed by atoms with Crippen molar-refractivity contribution in [3.05, 3.63) is 0 Å². The minimum absolute atomic E-state index is 0.377. The van der Waals surface area contributed by atoms with E-state index in [9.17, 15) is 0 Å². The first-order chi connectivity index (χ1) is 7.87. The Morgan fingerprint density at radius 1 is 1.18 bits per heavy atom. The monoisotopic (exact) mass is 238 g/mol. The van der Waals surface area contributed by atoms with Gasteiger partial charge in [0.1, 0.15) is 0 Å². The maximum absolute atomic E-state index is 6.04. The number of likely N-dealkylation sites (tertiary alicyclic amines) is 1.